The smallest absolute Gasteiger partial charge is 0.404 e. The molecule has 1 aliphatic carbocycles. The minimum absolute atomic E-state index is 0.0173. The maximum Gasteiger partial charge on any atom is 0.404 e. The molecule has 37 heavy (non-hydrogen) atoms. The third-order valence-corrected chi connectivity index (χ3v) is 7.71. The molecule has 3 aromatic rings. The highest BCUT2D eigenvalue weighted by atomic mass is 32.2. The van der Waals surface area contributed by atoms with Gasteiger partial charge in [-0.15, -0.1) is 0 Å². The normalized spacial score (nSPS) is 15.9. The Kier molecular flexibility index (Phi) is 7.13. The molecule has 0 bridgehead atoms. The van der Waals surface area contributed by atoms with E-state index in [1.54, 1.807) is 4.57 Å². The van der Waals surface area contributed by atoms with Crippen LogP contribution in [0.4, 0.5) is 26.3 Å². The highest BCUT2D eigenvalue weighted by molar-refractivity contribution is 7.89. The van der Waals surface area contributed by atoms with Gasteiger partial charge in [0.05, 0.1) is 22.5 Å². The number of pyridine rings is 1. The summed E-state index contributed by atoms with van der Waals surface area (Å²) in [6.45, 7) is -2.62. The molecule has 0 radical (unpaired) electrons. The van der Waals surface area contributed by atoms with Crippen molar-refractivity contribution in [2.45, 2.75) is 62.4 Å². The summed E-state index contributed by atoms with van der Waals surface area (Å²) in [6.07, 6.45) is -0.898. The number of nitriles is 1. The highest BCUT2D eigenvalue weighted by Gasteiger charge is 2.39. The number of hydrogen-bond acceptors (Lipinski definition) is 5. The molecule has 0 aliphatic heterocycles. The first-order valence-corrected chi connectivity index (χ1v) is 12.6. The Morgan fingerprint density at radius 3 is 2.43 bits per heavy atom. The van der Waals surface area contributed by atoms with Crippen molar-refractivity contribution in [1.29, 1.82) is 5.26 Å². The van der Waals surface area contributed by atoms with Gasteiger partial charge >= 0.3 is 12.8 Å². The number of fused-ring (bicyclic) bond motifs is 1. The van der Waals surface area contributed by atoms with Gasteiger partial charge in [0.1, 0.15) is 17.0 Å². The van der Waals surface area contributed by atoms with Gasteiger partial charge in [-0.25, -0.2) is 12.8 Å². The first-order valence-electron chi connectivity index (χ1n) is 11.1. The summed E-state index contributed by atoms with van der Waals surface area (Å²) in [5, 5.41) is 10.0. The van der Waals surface area contributed by atoms with E-state index >= 15 is 0 Å². The van der Waals surface area contributed by atoms with Crippen LogP contribution in [0.25, 0.3) is 22.3 Å². The third-order valence-electron chi connectivity index (χ3n) is 6.19. The van der Waals surface area contributed by atoms with Crippen molar-refractivity contribution in [2.24, 2.45) is 0 Å². The van der Waals surface area contributed by atoms with E-state index in [0.29, 0.717) is 19.8 Å². The zero-order chi connectivity index (χ0) is 27.1. The van der Waals surface area contributed by atoms with Crippen molar-refractivity contribution in [3.8, 4) is 23.2 Å². The number of sulfonamides is 1. The molecule has 1 aliphatic rings. The monoisotopic (exact) mass is 546 g/mol. The van der Waals surface area contributed by atoms with Crippen LogP contribution in [0.2, 0.25) is 0 Å². The molecule has 1 N–H and O–H groups in total. The fourth-order valence-electron chi connectivity index (χ4n) is 4.45. The molecule has 0 saturated heterocycles. The number of nitrogens with zero attached hydrogens (tertiary/aromatic N) is 3. The summed E-state index contributed by atoms with van der Waals surface area (Å²) >= 11 is 0. The van der Waals surface area contributed by atoms with Crippen molar-refractivity contribution in [1.82, 2.24) is 14.3 Å². The second kappa shape index (κ2) is 9.86. The van der Waals surface area contributed by atoms with Crippen LogP contribution in [0.5, 0.6) is 5.75 Å². The summed E-state index contributed by atoms with van der Waals surface area (Å²) in [5.74, 6) is -1.80. The predicted octanol–water partition coefficient (Wildman–Crippen LogP) is 5.66. The van der Waals surface area contributed by atoms with Crippen LogP contribution in [0.15, 0.2) is 35.4 Å². The van der Waals surface area contributed by atoms with Crippen LogP contribution in [-0.4, -0.2) is 36.8 Å². The van der Waals surface area contributed by atoms with Crippen molar-refractivity contribution < 1.29 is 39.5 Å². The van der Waals surface area contributed by atoms with E-state index in [1.807, 2.05) is 6.07 Å². The number of ether oxygens (including phenoxy) is 1. The van der Waals surface area contributed by atoms with Gasteiger partial charge in [0.25, 0.3) is 0 Å². The minimum Gasteiger partial charge on any atom is -0.432 e. The third kappa shape index (κ3) is 5.24. The lowest BCUT2D eigenvalue weighted by atomic mass is 10.1. The van der Waals surface area contributed by atoms with Gasteiger partial charge in [0.2, 0.25) is 10.0 Å². The molecule has 0 spiro atoms. The average Bonchev–Trinajstić information content (AvgIpc) is 3.44. The van der Waals surface area contributed by atoms with E-state index in [2.05, 4.69) is 9.72 Å². The summed E-state index contributed by atoms with van der Waals surface area (Å²) in [4.78, 5) is 3.56. The molecule has 7 nitrogen and oxygen atoms in total. The van der Waals surface area contributed by atoms with Crippen LogP contribution in [-0.2, 0) is 10.0 Å². The maximum absolute atomic E-state index is 14.5. The summed E-state index contributed by atoms with van der Waals surface area (Å²) in [6, 6.07) is 3.72. The maximum atomic E-state index is 14.5. The van der Waals surface area contributed by atoms with Gasteiger partial charge in [-0.2, -0.15) is 31.9 Å². The molecule has 2 aromatic heterocycles. The number of hydrogen-bond donors (Lipinski definition) is 1. The van der Waals surface area contributed by atoms with E-state index in [0.717, 1.165) is 37.2 Å². The fourth-order valence-corrected chi connectivity index (χ4v) is 5.62. The largest absolute Gasteiger partial charge is 0.432 e. The number of benzene rings is 1. The lowest BCUT2D eigenvalue weighted by Gasteiger charge is -2.19. The fraction of sp³-hybridized carbons (Fsp3) is 0.391. The predicted molar refractivity (Wildman–Crippen MR) is 120 cm³/mol. The Balaban J connectivity index is 1.86. The number of rotatable bonds is 7. The number of alkyl halides is 5. The van der Waals surface area contributed by atoms with Crippen molar-refractivity contribution >= 4 is 20.9 Å². The van der Waals surface area contributed by atoms with E-state index < -0.39 is 45.3 Å². The summed E-state index contributed by atoms with van der Waals surface area (Å²) in [7, 11) is -4.57. The quantitative estimate of drug-likeness (QED) is 0.386. The Labute approximate surface area is 207 Å². The standard InChI is InChI=1S/C23H20F6N4O3S/c1-12(23(27,28)29)32-37(34,35)14-6-7-18(31-11-14)21-16(10-30)15-8-17(24)20(36-22(25)26)9-19(15)33(21)13-4-2-3-5-13/h6-9,11-13,22,32H,2-5H2,1H3/t12-/m0/s1. The Morgan fingerprint density at radius 1 is 1.22 bits per heavy atom. The van der Waals surface area contributed by atoms with Gasteiger partial charge in [0, 0.05) is 23.7 Å². The van der Waals surface area contributed by atoms with E-state index in [9.17, 15) is 40.0 Å². The molecule has 14 heteroatoms. The molecule has 1 fully saturated rings. The lowest BCUT2D eigenvalue weighted by Crippen LogP contribution is -2.42. The molecule has 0 unspecified atom stereocenters. The van der Waals surface area contributed by atoms with Crippen LogP contribution < -0.4 is 9.46 Å². The minimum atomic E-state index is -4.80. The zero-order valence-corrected chi connectivity index (χ0v) is 20.0. The van der Waals surface area contributed by atoms with E-state index in [1.165, 1.54) is 10.8 Å². The van der Waals surface area contributed by atoms with Crippen LogP contribution in [0.3, 0.4) is 0 Å². The molecule has 1 atom stereocenters. The molecule has 4 rings (SSSR count). The molecule has 198 valence electrons. The van der Waals surface area contributed by atoms with Crippen LogP contribution in [0.1, 0.15) is 44.2 Å². The molecule has 0 amide bonds. The van der Waals surface area contributed by atoms with Gasteiger partial charge in [-0.3, -0.25) is 4.98 Å². The number of halogens is 6. The van der Waals surface area contributed by atoms with Gasteiger partial charge < -0.3 is 9.30 Å². The Bertz CT molecular complexity index is 1460. The van der Waals surface area contributed by atoms with Crippen molar-refractivity contribution in [3.05, 3.63) is 41.8 Å². The van der Waals surface area contributed by atoms with Crippen LogP contribution >= 0.6 is 0 Å². The first-order chi connectivity index (χ1) is 17.3. The molecule has 1 saturated carbocycles. The number of aromatic nitrogens is 2. The summed E-state index contributed by atoms with van der Waals surface area (Å²) < 4.78 is 111. The summed E-state index contributed by atoms with van der Waals surface area (Å²) in [5.41, 5.74) is 0.545. The first kappa shape index (κ1) is 26.7. The SMILES string of the molecule is C[C@H](NS(=O)(=O)c1ccc(-c2c(C#N)c3cc(F)c(OC(F)F)cc3n2C2CCCC2)nc1)C(F)(F)F. The molecular weight excluding hydrogens is 526 g/mol. The zero-order valence-electron chi connectivity index (χ0n) is 19.2. The lowest BCUT2D eigenvalue weighted by molar-refractivity contribution is -0.147. The Morgan fingerprint density at radius 2 is 1.89 bits per heavy atom. The molecular formula is C23H20F6N4O3S. The Hall–Kier alpha value is -3.31. The van der Waals surface area contributed by atoms with E-state index in [4.69, 9.17) is 0 Å². The van der Waals surface area contributed by atoms with Crippen molar-refractivity contribution in [2.75, 3.05) is 0 Å². The van der Waals surface area contributed by atoms with Crippen LogP contribution in [0, 0.1) is 17.1 Å². The second-order valence-corrected chi connectivity index (χ2v) is 10.3. The highest BCUT2D eigenvalue weighted by Crippen LogP contribution is 2.42. The van der Waals surface area contributed by atoms with Gasteiger partial charge in [0.15, 0.2) is 11.6 Å². The topological polar surface area (TPSA) is 97.0 Å². The van der Waals surface area contributed by atoms with Gasteiger partial charge in [-0.1, -0.05) is 12.8 Å². The van der Waals surface area contributed by atoms with Gasteiger partial charge in [-0.05, 0) is 38.0 Å². The van der Waals surface area contributed by atoms with E-state index in [-0.39, 0.29) is 33.9 Å². The molecule has 2 heterocycles. The van der Waals surface area contributed by atoms with Crippen molar-refractivity contribution in [3.63, 3.8) is 0 Å². The second-order valence-electron chi connectivity index (χ2n) is 8.59. The number of nitrogens with one attached hydrogen (secondary N) is 1. The molecule has 1 aromatic carbocycles. The average molecular weight is 546 g/mol.